The highest BCUT2D eigenvalue weighted by atomic mass is 19.1. The predicted molar refractivity (Wildman–Crippen MR) is 104 cm³/mol. The first-order valence-corrected chi connectivity index (χ1v) is 10.6. The maximum absolute atomic E-state index is 14.0. The lowest BCUT2D eigenvalue weighted by molar-refractivity contribution is -0.140. The molecule has 4 nitrogen and oxygen atoms in total. The smallest absolute Gasteiger partial charge is 0.226 e. The van der Waals surface area contributed by atoms with Crippen molar-refractivity contribution in [3.8, 4) is 0 Å². The van der Waals surface area contributed by atoms with E-state index in [-0.39, 0.29) is 47.3 Å². The summed E-state index contributed by atoms with van der Waals surface area (Å²) in [5, 5.41) is 0. The molecule has 2 heterocycles. The number of halogens is 1. The molecule has 5 heteroatoms. The van der Waals surface area contributed by atoms with Crippen LogP contribution in [0.5, 0.6) is 0 Å². The fourth-order valence-electron chi connectivity index (χ4n) is 5.54. The molecule has 2 saturated heterocycles. The first-order chi connectivity index (χ1) is 13.6. The van der Waals surface area contributed by atoms with Crippen LogP contribution in [0.1, 0.15) is 43.7 Å². The van der Waals surface area contributed by atoms with Gasteiger partial charge >= 0.3 is 0 Å². The molecule has 0 bridgehead atoms. The van der Waals surface area contributed by atoms with Gasteiger partial charge in [0.15, 0.2) is 0 Å². The van der Waals surface area contributed by atoms with Gasteiger partial charge in [0, 0.05) is 43.3 Å². The van der Waals surface area contributed by atoms with Crippen LogP contribution < -0.4 is 0 Å². The molecule has 2 aliphatic heterocycles. The van der Waals surface area contributed by atoms with Crippen LogP contribution in [0.4, 0.5) is 4.39 Å². The summed E-state index contributed by atoms with van der Waals surface area (Å²) in [6.07, 6.45) is 8.93. The number of nitrogens with zero attached hydrogens (tertiary/aromatic N) is 2. The van der Waals surface area contributed by atoms with Gasteiger partial charge in [0.05, 0.1) is 6.04 Å². The highest BCUT2D eigenvalue weighted by Gasteiger charge is 2.51. The maximum Gasteiger partial charge on any atom is 0.226 e. The van der Waals surface area contributed by atoms with Crippen LogP contribution in [0.25, 0.3) is 0 Å². The number of hydrogen-bond acceptors (Lipinski definition) is 2. The molecular formula is C23H27FN2O2. The minimum Gasteiger partial charge on any atom is -0.342 e. The molecule has 1 saturated carbocycles. The summed E-state index contributed by atoms with van der Waals surface area (Å²) in [5.74, 6) is 0.915. The Morgan fingerprint density at radius 2 is 1.75 bits per heavy atom. The van der Waals surface area contributed by atoms with Gasteiger partial charge in [0.1, 0.15) is 5.82 Å². The van der Waals surface area contributed by atoms with Crippen LogP contribution in [0.2, 0.25) is 0 Å². The number of carbonyl (C=O) groups excluding carboxylic acids is 2. The summed E-state index contributed by atoms with van der Waals surface area (Å²) in [5.41, 5.74) is 0.872. The zero-order valence-corrected chi connectivity index (χ0v) is 16.1. The van der Waals surface area contributed by atoms with Crippen LogP contribution in [0.15, 0.2) is 36.4 Å². The second-order valence-electron chi connectivity index (χ2n) is 8.93. The van der Waals surface area contributed by atoms with E-state index in [9.17, 15) is 14.0 Å². The van der Waals surface area contributed by atoms with Gasteiger partial charge < -0.3 is 9.80 Å². The zero-order valence-electron chi connectivity index (χ0n) is 16.1. The first kappa shape index (κ1) is 17.9. The number of benzene rings is 1. The summed E-state index contributed by atoms with van der Waals surface area (Å²) in [6.45, 7) is 2.09. The van der Waals surface area contributed by atoms with Crippen molar-refractivity contribution in [2.45, 2.75) is 38.1 Å². The fraction of sp³-hybridized carbons (Fsp3) is 0.565. The summed E-state index contributed by atoms with van der Waals surface area (Å²) in [7, 11) is 0. The number of carbonyl (C=O) groups is 2. The lowest BCUT2D eigenvalue weighted by atomic mass is 9.83. The average molecular weight is 382 g/mol. The first-order valence-electron chi connectivity index (χ1n) is 10.6. The van der Waals surface area contributed by atoms with Crippen molar-refractivity contribution >= 4 is 11.8 Å². The molecule has 0 unspecified atom stereocenters. The van der Waals surface area contributed by atoms with Gasteiger partial charge in [-0.25, -0.2) is 4.39 Å². The topological polar surface area (TPSA) is 40.6 Å². The molecule has 2 amide bonds. The van der Waals surface area contributed by atoms with E-state index < -0.39 is 0 Å². The monoisotopic (exact) mass is 382 g/mol. The molecule has 148 valence electrons. The van der Waals surface area contributed by atoms with E-state index in [1.165, 1.54) is 6.07 Å². The summed E-state index contributed by atoms with van der Waals surface area (Å²) in [4.78, 5) is 30.0. The summed E-state index contributed by atoms with van der Waals surface area (Å²) < 4.78 is 14.0. The number of likely N-dealkylation sites (tertiary alicyclic amines) is 2. The van der Waals surface area contributed by atoms with Crippen LogP contribution >= 0.6 is 0 Å². The Morgan fingerprint density at radius 1 is 0.964 bits per heavy atom. The van der Waals surface area contributed by atoms with Gasteiger partial charge in [0.25, 0.3) is 0 Å². The second kappa shape index (κ2) is 7.02. The van der Waals surface area contributed by atoms with E-state index >= 15 is 0 Å². The van der Waals surface area contributed by atoms with Crippen LogP contribution in [0, 0.1) is 29.5 Å². The van der Waals surface area contributed by atoms with Crippen LogP contribution in [-0.2, 0) is 9.59 Å². The van der Waals surface area contributed by atoms with E-state index in [0.717, 1.165) is 44.2 Å². The lowest BCUT2D eigenvalue weighted by Crippen LogP contribution is -2.42. The van der Waals surface area contributed by atoms with E-state index in [1.807, 2.05) is 15.9 Å². The molecule has 0 spiro atoms. The van der Waals surface area contributed by atoms with Crippen molar-refractivity contribution in [1.82, 2.24) is 9.80 Å². The molecular weight excluding hydrogens is 355 g/mol. The van der Waals surface area contributed by atoms with Crippen molar-refractivity contribution in [3.63, 3.8) is 0 Å². The Morgan fingerprint density at radius 3 is 2.43 bits per heavy atom. The molecule has 5 rings (SSSR count). The number of hydrogen-bond donors (Lipinski definition) is 0. The van der Waals surface area contributed by atoms with Crippen LogP contribution in [0.3, 0.4) is 0 Å². The average Bonchev–Trinajstić information content (AvgIpc) is 3.35. The van der Waals surface area contributed by atoms with Gasteiger partial charge in [-0.2, -0.15) is 0 Å². The number of allylic oxidation sites excluding steroid dienone is 2. The molecule has 1 aromatic rings. The van der Waals surface area contributed by atoms with Crippen molar-refractivity contribution < 1.29 is 14.0 Å². The molecule has 1 aromatic carbocycles. The van der Waals surface area contributed by atoms with E-state index in [4.69, 9.17) is 0 Å². The molecule has 0 aromatic heterocycles. The van der Waals surface area contributed by atoms with Crippen molar-refractivity contribution in [3.05, 3.63) is 47.8 Å². The number of rotatable bonds is 3. The quantitative estimate of drug-likeness (QED) is 0.750. The molecule has 0 radical (unpaired) electrons. The van der Waals surface area contributed by atoms with Crippen molar-refractivity contribution in [2.75, 3.05) is 19.6 Å². The summed E-state index contributed by atoms with van der Waals surface area (Å²) >= 11 is 0. The lowest BCUT2D eigenvalue weighted by Gasteiger charge is -2.35. The third kappa shape index (κ3) is 2.96. The van der Waals surface area contributed by atoms with E-state index in [1.54, 1.807) is 12.1 Å². The molecule has 28 heavy (non-hydrogen) atoms. The Balaban J connectivity index is 1.39. The third-order valence-electron chi connectivity index (χ3n) is 7.26. The standard InChI is InChI=1S/C23H27FN2O2/c24-19-10-4-9-17(11-19)21-20-14-25(22(27)15-5-1-2-6-15)12-18(20)13-26(21)23(28)16-7-3-8-16/h1-2,4,9-11,15-16,18,20-21H,3,5-8,12-14H2/t18-,20-,21+/m0/s1. The van der Waals surface area contributed by atoms with Gasteiger partial charge in [-0.15, -0.1) is 0 Å². The molecule has 3 fully saturated rings. The minimum absolute atomic E-state index is 0.0826. The Labute approximate surface area is 165 Å². The largest absolute Gasteiger partial charge is 0.342 e. The van der Waals surface area contributed by atoms with Gasteiger partial charge in [-0.3, -0.25) is 9.59 Å². The van der Waals surface area contributed by atoms with Gasteiger partial charge in [0.2, 0.25) is 11.8 Å². The molecule has 2 aliphatic carbocycles. The Hall–Kier alpha value is -2.17. The van der Waals surface area contributed by atoms with Gasteiger partial charge in [-0.1, -0.05) is 30.7 Å². The highest BCUT2D eigenvalue weighted by molar-refractivity contribution is 5.82. The normalized spacial score (nSPS) is 30.0. The van der Waals surface area contributed by atoms with E-state index in [0.29, 0.717) is 13.1 Å². The molecule has 3 atom stereocenters. The fourth-order valence-corrected chi connectivity index (χ4v) is 5.54. The number of fused-ring (bicyclic) bond motifs is 1. The van der Waals surface area contributed by atoms with Crippen molar-refractivity contribution in [1.29, 1.82) is 0 Å². The van der Waals surface area contributed by atoms with Gasteiger partial charge in [-0.05, 0) is 43.4 Å². The minimum atomic E-state index is -0.264. The predicted octanol–water partition coefficient (Wildman–Crippen LogP) is 3.55. The van der Waals surface area contributed by atoms with E-state index in [2.05, 4.69) is 12.2 Å². The maximum atomic E-state index is 14.0. The Bertz CT molecular complexity index is 811. The Kier molecular flexibility index (Phi) is 4.48. The van der Waals surface area contributed by atoms with Crippen molar-refractivity contribution in [2.24, 2.45) is 23.7 Å². The summed E-state index contributed by atoms with van der Waals surface area (Å²) in [6, 6.07) is 6.56. The SMILES string of the molecule is O=C(C1CC=CC1)N1C[C@H]2CN(C(=O)C3CCC3)[C@H](c3cccc(F)c3)[C@H]2C1. The zero-order chi connectivity index (χ0) is 19.3. The number of amides is 2. The molecule has 0 N–H and O–H groups in total. The third-order valence-corrected chi connectivity index (χ3v) is 7.26. The van der Waals surface area contributed by atoms with Crippen LogP contribution in [-0.4, -0.2) is 41.2 Å². The molecule has 4 aliphatic rings. The second-order valence-corrected chi connectivity index (χ2v) is 8.93. The highest BCUT2D eigenvalue weighted by Crippen LogP contribution is 2.47.